The topological polar surface area (TPSA) is 126 Å². The monoisotopic (exact) mass is 620 g/mol. The van der Waals surface area contributed by atoms with Crippen LogP contribution in [-0.4, -0.2) is 42.8 Å². The second-order valence-corrected chi connectivity index (χ2v) is 11.0. The molecule has 8 nitrogen and oxygen atoms in total. The van der Waals surface area contributed by atoms with Crippen LogP contribution in [0.2, 0.25) is 5.02 Å². The summed E-state index contributed by atoms with van der Waals surface area (Å²) >= 11 is 6.09. The van der Waals surface area contributed by atoms with Crippen LogP contribution in [0.5, 0.6) is 5.75 Å². The quantitative estimate of drug-likeness (QED) is 0.347. The van der Waals surface area contributed by atoms with Crippen LogP contribution in [0.3, 0.4) is 0 Å². The van der Waals surface area contributed by atoms with Crippen molar-refractivity contribution in [3.63, 3.8) is 0 Å². The number of hydrogen-bond donors (Lipinski definition) is 2. The molecule has 1 aliphatic heterocycles. The minimum absolute atomic E-state index is 0. The Morgan fingerprint density at radius 1 is 1.32 bits per heavy atom. The van der Waals surface area contributed by atoms with Crippen molar-refractivity contribution in [1.29, 1.82) is 0 Å². The summed E-state index contributed by atoms with van der Waals surface area (Å²) in [6.07, 6.45) is 5.74. The van der Waals surface area contributed by atoms with E-state index in [4.69, 9.17) is 38.4 Å². The summed E-state index contributed by atoms with van der Waals surface area (Å²) in [5, 5.41) is 12.9. The van der Waals surface area contributed by atoms with E-state index in [1.807, 2.05) is 6.07 Å². The largest absolute Gasteiger partial charge is 1.00 e. The zero-order chi connectivity index (χ0) is 31.5. The maximum Gasteiger partial charge on any atom is 1.00 e. The Hall–Kier alpha value is -3.52. The van der Waals surface area contributed by atoms with Gasteiger partial charge in [0.1, 0.15) is 29.3 Å². The first-order chi connectivity index (χ1) is 20.4. The average molecular weight is 621 g/mol. The molecule has 0 bridgehead atoms. The molecular formula is C31H29ClF3LiN4O4-2. The van der Waals surface area contributed by atoms with Crippen molar-refractivity contribution in [2.24, 2.45) is 11.7 Å². The number of nitrogens with zero attached hydrogens (tertiary/aromatic N) is 2. The van der Waals surface area contributed by atoms with E-state index in [1.165, 1.54) is 31.4 Å². The molecule has 13 heteroatoms. The van der Waals surface area contributed by atoms with E-state index in [2.05, 4.69) is 5.32 Å². The summed E-state index contributed by atoms with van der Waals surface area (Å²) in [6.45, 7) is 6.86. The van der Waals surface area contributed by atoms with Crippen molar-refractivity contribution in [3.05, 3.63) is 94.3 Å². The number of allylic oxidation sites excluding steroid dienone is 2. The third kappa shape index (κ3) is 6.90. The number of fused-ring (bicyclic) bond motifs is 1. The molecule has 1 saturated carbocycles. The van der Waals surface area contributed by atoms with E-state index in [0.29, 0.717) is 28.3 Å². The number of carbonyl (C=O) groups is 2. The molecule has 0 saturated heterocycles. The van der Waals surface area contributed by atoms with E-state index < -0.39 is 30.0 Å². The Balaban J connectivity index is 0.00000127. The van der Waals surface area contributed by atoms with Gasteiger partial charge in [-0.25, -0.2) is 27.2 Å². The van der Waals surface area contributed by atoms with Crippen LogP contribution in [0.1, 0.15) is 43.4 Å². The number of primary amides is 1. The second kappa shape index (κ2) is 14.5. The summed E-state index contributed by atoms with van der Waals surface area (Å²) in [5.41, 5.74) is 6.92. The van der Waals surface area contributed by atoms with Gasteiger partial charge >= 0.3 is 18.9 Å². The number of methoxy groups -OCH3 is 1. The van der Waals surface area contributed by atoms with Crippen molar-refractivity contribution >= 4 is 29.1 Å². The third-order valence-electron chi connectivity index (χ3n) is 8.00. The maximum absolute atomic E-state index is 14.0. The minimum atomic E-state index is -1.10. The zero-order valence-electron chi connectivity index (χ0n) is 24.4. The van der Waals surface area contributed by atoms with Crippen LogP contribution >= 0.6 is 11.6 Å². The molecule has 1 fully saturated rings. The van der Waals surface area contributed by atoms with Crippen molar-refractivity contribution < 1.29 is 51.1 Å². The fourth-order valence-corrected chi connectivity index (χ4v) is 5.39. The van der Waals surface area contributed by atoms with Crippen molar-refractivity contribution in [2.75, 3.05) is 20.3 Å². The number of amides is 2. The Morgan fingerprint density at radius 3 is 2.57 bits per heavy atom. The molecule has 3 N–H and O–H groups in total. The van der Waals surface area contributed by atoms with Gasteiger partial charge in [0.05, 0.1) is 12.1 Å². The molecule has 5 rings (SSSR count). The van der Waals surface area contributed by atoms with Gasteiger partial charge in [0.15, 0.2) is 0 Å². The Morgan fingerprint density at radius 2 is 2.00 bits per heavy atom. The van der Waals surface area contributed by atoms with Gasteiger partial charge in [-0.3, -0.25) is 9.59 Å². The van der Waals surface area contributed by atoms with Crippen LogP contribution in [0.15, 0.2) is 53.3 Å². The summed E-state index contributed by atoms with van der Waals surface area (Å²) in [5.74, 6) is -0.984. The smallest absolute Gasteiger partial charge is 0.869 e. The number of halogens is 4. The van der Waals surface area contributed by atoms with E-state index in [9.17, 15) is 28.2 Å². The van der Waals surface area contributed by atoms with Crippen molar-refractivity contribution in [1.82, 2.24) is 10.3 Å². The number of nitrogens with one attached hydrogen (secondary N) is 1. The van der Waals surface area contributed by atoms with Gasteiger partial charge in [-0.05, 0) is 68.5 Å². The Labute approximate surface area is 270 Å². The van der Waals surface area contributed by atoms with Crippen LogP contribution in [0, 0.1) is 25.2 Å². The van der Waals surface area contributed by atoms with Crippen LogP contribution < -0.4 is 34.6 Å². The summed E-state index contributed by atoms with van der Waals surface area (Å²) in [4.78, 5) is 30.6. The predicted molar refractivity (Wildman–Crippen MR) is 156 cm³/mol. The summed E-state index contributed by atoms with van der Waals surface area (Å²) < 4.78 is 44.1. The fourth-order valence-electron chi connectivity index (χ4n) is 5.21. The summed E-state index contributed by atoms with van der Waals surface area (Å²) in [7, 11) is 1.37. The molecule has 0 unspecified atom stereocenters. The molecule has 3 aliphatic rings. The fraction of sp³-hybridized carbons (Fsp3) is 0.323. The van der Waals surface area contributed by atoms with Gasteiger partial charge in [0, 0.05) is 35.0 Å². The maximum atomic E-state index is 14.0. The zero-order valence-corrected chi connectivity index (χ0v) is 25.2. The molecule has 2 aliphatic carbocycles. The van der Waals surface area contributed by atoms with E-state index in [0.717, 1.165) is 19.3 Å². The number of nitrogens with two attached hydrogens (primary N) is 1. The standard InChI is InChI=1S/C30H28ClFN4O4.CHF2.Li/c1-15-9-18(11-24(39-3)25(15)33)28(37)35-13-19(16-5-4-6-16)23-12-20-27(40-14-30(20,2)29(34)38)26(36-23)17-7-8-22(32)21(31)10-17;2-1-3;/h1,7-12,16,19H,4-6,13-14H2,2-3H3,(H2,34,38)(H,35,37);1H;/q-2;-1;+1/t19-,30-;;/m0../s1. The second-order valence-electron chi connectivity index (χ2n) is 10.6. The van der Waals surface area contributed by atoms with Gasteiger partial charge in [-0.1, -0.05) is 18.0 Å². The first-order valence-corrected chi connectivity index (χ1v) is 13.7. The molecule has 2 atom stereocenters. The molecule has 2 aromatic rings. The predicted octanol–water partition coefficient (Wildman–Crippen LogP) is 2.57. The number of pyridine rings is 1. The van der Waals surface area contributed by atoms with Crippen LogP contribution in [0.4, 0.5) is 13.2 Å². The van der Waals surface area contributed by atoms with Crippen LogP contribution in [-0.2, 0) is 19.7 Å². The van der Waals surface area contributed by atoms with Crippen molar-refractivity contribution in [2.45, 2.75) is 37.5 Å². The molecule has 2 heterocycles. The van der Waals surface area contributed by atoms with E-state index >= 15 is 0 Å². The first-order valence-electron chi connectivity index (χ1n) is 13.3. The number of rotatable bonds is 8. The van der Waals surface area contributed by atoms with Crippen molar-refractivity contribution in [3.8, 4) is 17.0 Å². The molecule has 1 aromatic heterocycles. The normalized spacial score (nSPS) is 19.5. The number of aromatic nitrogens is 1. The number of carbonyl (C=O) groups excluding carboxylic acids is 2. The minimum Gasteiger partial charge on any atom is -0.869 e. The van der Waals surface area contributed by atoms with Gasteiger partial charge in [-0.15, -0.1) is 0 Å². The molecule has 1 aromatic carbocycles. The number of benzene rings is 1. The SMILES string of the molecule is F[CH-]F.[CH-]=C1C=C(C(=O)NC[C@H](c2cc3c(c(-c4ccc(F)c(Cl)c4)n2)OC[C@]3(C)C(N)=O)C2CCC2)C=C(OC)C1=[N-].[Li+]. The number of hydrogen-bond acceptors (Lipinski definition) is 5. The molecule has 44 heavy (non-hydrogen) atoms. The molecule has 0 spiro atoms. The van der Waals surface area contributed by atoms with Gasteiger partial charge in [0.25, 0.3) is 0 Å². The Kier molecular flexibility index (Phi) is 11.5. The third-order valence-corrected chi connectivity index (χ3v) is 8.29. The molecule has 228 valence electrons. The number of ether oxygens (including phenoxy) is 2. The van der Waals surface area contributed by atoms with Gasteiger partial charge in [0.2, 0.25) is 11.8 Å². The van der Waals surface area contributed by atoms with Gasteiger partial charge < -0.3 is 34.7 Å². The summed E-state index contributed by atoms with van der Waals surface area (Å²) in [6, 6.07) is 6.11. The molecule has 0 radical (unpaired) electrons. The average Bonchev–Trinajstić information content (AvgIpc) is 3.30. The van der Waals surface area contributed by atoms with E-state index in [1.54, 1.807) is 13.0 Å². The van der Waals surface area contributed by atoms with Gasteiger partial charge in [-0.2, -0.15) is 6.08 Å². The van der Waals surface area contributed by atoms with Crippen LogP contribution in [0.25, 0.3) is 16.7 Å². The molecular weight excluding hydrogens is 592 g/mol. The van der Waals surface area contributed by atoms with E-state index in [-0.39, 0.29) is 71.5 Å². The first kappa shape index (κ1) is 35.0. The molecule has 2 amide bonds. The Bertz CT molecular complexity index is 1550.